The molecular formula is C22H19ClN6O4. The molecule has 0 radical (unpaired) electrons. The molecule has 0 saturated heterocycles. The molecule has 0 aliphatic heterocycles. The lowest BCUT2D eigenvalue weighted by Gasteiger charge is -2.07. The van der Waals surface area contributed by atoms with E-state index in [1.807, 2.05) is 31.2 Å². The molecule has 0 aliphatic rings. The van der Waals surface area contributed by atoms with Crippen LogP contribution in [0.1, 0.15) is 21.6 Å². The fraction of sp³-hybridized carbons (Fsp3) is 0.136. The number of nitrogens with zero attached hydrogens (tertiary/aromatic N) is 5. The van der Waals surface area contributed by atoms with Gasteiger partial charge >= 0.3 is 0 Å². The highest BCUT2D eigenvalue weighted by molar-refractivity contribution is 6.32. The predicted molar refractivity (Wildman–Crippen MR) is 121 cm³/mol. The summed E-state index contributed by atoms with van der Waals surface area (Å²) in [6.45, 7) is 2.60. The zero-order chi connectivity index (χ0) is 23.4. The van der Waals surface area contributed by atoms with Crippen molar-refractivity contribution in [2.45, 2.75) is 20.2 Å². The normalized spacial score (nSPS) is 10.7. The lowest BCUT2D eigenvalue weighted by atomic mass is 10.1. The third-order valence-electron chi connectivity index (χ3n) is 4.83. The smallest absolute Gasteiger partial charge is 0.277 e. The van der Waals surface area contributed by atoms with Crippen molar-refractivity contribution in [3.05, 3.63) is 98.9 Å². The maximum atomic E-state index is 12.5. The second kappa shape index (κ2) is 9.53. The summed E-state index contributed by atoms with van der Waals surface area (Å²) in [6.07, 6.45) is 3.37. The summed E-state index contributed by atoms with van der Waals surface area (Å²) in [5.74, 6) is 0.267. The Hall–Kier alpha value is -4.18. The molecule has 4 rings (SSSR count). The number of nitrogens with one attached hydrogen (secondary N) is 1. The monoisotopic (exact) mass is 466 g/mol. The number of halogens is 1. The van der Waals surface area contributed by atoms with Crippen molar-refractivity contribution in [3.63, 3.8) is 0 Å². The van der Waals surface area contributed by atoms with Crippen molar-refractivity contribution in [1.29, 1.82) is 0 Å². The van der Waals surface area contributed by atoms with Gasteiger partial charge in [0.25, 0.3) is 11.6 Å². The molecule has 0 spiro atoms. The Kier molecular flexibility index (Phi) is 6.36. The summed E-state index contributed by atoms with van der Waals surface area (Å²) in [7, 11) is 0. The van der Waals surface area contributed by atoms with Crippen molar-refractivity contribution in [1.82, 2.24) is 19.6 Å². The zero-order valence-electron chi connectivity index (χ0n) is 17.5. The van der Waals surface area contributed by atoms with Gasteiger partial charge in [-0.25, -0.2) is 4.68 Å². The molecule has 0 saturated carbocycles. The largest absolute Gasteiger partial charge is 0.470 e. The molecule has 2 aromatic heterocycles. The number of aromatic nitrogens is 4. The van der Waals surface area contributed by atoms with Crippen LogP contribution in [-0.4, -0.2) is 30.4 Å². The number of hydrogen-bond acceptors (Lipinski definition) is 6. The van der Waals surface area contributed by atoms with E-state index >= 15 is 0 Å². The Labute approximate surface area is 193 Å². The second-order valence-corrected chi connectivity index (χ2v) is 7.57. The fourth-order valence-corrected chi connectivity index (χ4v) is 3.30. The number of carbonyl (C=O) groups excluding carboxylic acids is 1. The minimum absolute atomic E-state index is 0.0319. The van der Waals surface area contributed by atoms with E-state index in [0.717, 1.165) is 5.56 Å². The molecule has 0 fully saturated rings. The number of amides is 1. The Morgan fingerprint density at radius 1 is 1.12 bits per heavy atom. The lowest BCUT2D eigenvalue weighted by molar-refractivity contribution is -0.384. The van der Waals surface area contributed by atoms with E-state index in [1.54, 1.807) is 29.2 Å². The van der Waals surface area contributed by atoms with E-state index in [0.29, 0.717) is 12.4 Å². The molecule has 2 heterocycles. The SMILES string of the molecule is Cc1ccccc1Cn1ccc(NC(=O)c2ccn(COc3ccc([N+](=O)[O-])cc3Cl)n2)n1. The summed E-state index contributed by atoms with van der Waals surface area (Å²) in [6, 6.07) is 15.2. The van der Waals surface area contributed by atoms with Crippen molar-refractivity contribution < 1.29 is 14.5 Å². The predicted octanol–water partition coefficient (Wildman–Crippen LogP) is 4.29. The number of ether oxygens (including phenoxy) is 1. The van der Waals surface area contributed by atoms with Gasteiger partial charge in [-0.05, 0) is 30.2 Å². The standard InChI is InChI=1S/C22H19ClN6O4/c1-15-4-2-3-5-16(15)13-27-11-9-21(26-27)24-22(30)19-8-10-28(25-19)14-33-20-7-6-17(29(31)32)12-18(20)23/h2-12H,13-14H2,1H3,(H,24,26,30). The van der Waals surface area contributed by atoms with Crippen molar-refractivity contribution in [2.24, 2.45) is 0 Å². The van der Waals surface area contributed by atoms with E-state index in [-0.39, 0.29) is 28.9 Å². The third-order valence-corrected chi connectivity index (χ3v) is 5.12. The number of hydrogen-bond donors (Lipinski definition) is 1. The van der Waals surface area contributed by atoms with Crippen molar-refractivity contribution in [2.75, 3.05) is 5.32 Å². The molecule has 1 amide bonds. The number of aryl methyl sites for hydroxylation is 1. The van der Waals surface area contributed by atoms with E-state index in [4.69, 9.17) is 16.3 Å². The molecule has 33 heavy (non-hydrogen) atoms. The topological polar surface area (TPSA) is 117 Å². The van der Waals surface area contributed by atoms with Crippen LogP contribution in [0.15, 0.2) is 67.0 Å². The van der Waals surface area contributed by atoms with E-state index < -0.39 is 10.8 Å². The first-order chi connectivity index (χ1) is 15.9. The molecular weight excluding hydrogens is 448 g/mol. The highest BCUT2D eigenvalue weighted by Crippen LogP contribution is 2.28. The maximum absolute atomic E-state index is 12.5. The molecule has 0 atom stereocenters. The summed E-state index contributed by atoms with van der Waals surface area (Å²) in [5, 5.41) is 22.2. The van der Waals surface area contributed by atoms with Gasteiger partial charge in [0, 0.05) is 30.6 Å². The Morgan fingerprint density at radius 2 is 1.91 bits per heavy atom. The van der Waals surface area contributed by atoms with Crippen LogP contribution in [0.5, 0.6) is 5.75 Å². The summed E-state index contributed by atoms with van der Waals surface area (Å²) in [5.41, 5.74) is 2.36. The first kappa shape index (κ1) is 22.0. The minimum Gasteiger partial charge on any atom is -0.470 e. The lowest BCUT2D eigenvalue weighted by Crippen LogP contribution is -2.15. The van der Waals surface area contributed by atoms with Gasteiger partial charge in [-0.3, -0.25) is 19.6 Å². The second-order valence-electron chi connectivity index (χ2n) is 7.16. The van der Waals surface area contributed by atoms with Crippen LogP contribution in [-0.2, 0) is 13.3 Å². The number of benzene rings is 2. The molecule has 0 aliphatic carbocycles. The molecule has 10 nitrogen and oxygen atoms in total. The van der Waals surface area contributed by atoms with Gasteiger partial charge in [0.05, 0.1) is 16.5 Å². The van der Waals surface area contributed by atoms with Gasteiger partial charge in [0.2, 0.25) is 0 Å². The Bertz CT molecular complexity index is 1320. The number of non-ortho nitro benzene ring substituents is 1. The van der Waals surface area contributed by atoms with Crippen LogP contribution in [0.3, 0.4) is 0 Å². The van der Waals surface area contributed by atoms with Crippen LogP contribution in [0.4, 0.5) is 11.5 Å². The van der Waals surface area contributed by atoms with Gasteiger partial charge in [-0.1, -0.05) is 35.9 Å². The van der Waals surface area contributed by atoms with Gasteiger partial charge in [-0.2, -0.15) is 10.2 Å². The van der Waals surface area contributed by atoms with E-state index in [9.17, 15) is 14.9 Å². The van der Waals surface area contributed by atoms with Crippen LogP contribution >= 0.6 is 11.6 Å². The molecule has 11 heteroatoms. The molecule has 2 aromatic carbocycles. The zero-order valence-corrected chi connectivity index (χ0v) is 18.3. The molecule has 0 bridgehead atoms. The van der Waals surface area contributed by atoms with Gasteiger partial charge in [0.15, 0.2) is 18.2 Å². The molecule has 4 aromatic rings. The molecule has 0 unspecified atom stereocenters. The molecule has 1 N–H and O–H groups in total. The van der Waals surface area contributed by atoms with Crippen molar-refractivity contribution >= 4 is 29.0 Å². The number of carbonyl (C=O) groups is 1. The number of nitro groups is 1. The summed E-state index contributed by atoms with van der Waals surface area (Å²) >= 11 is 6.02. The molecule has 168 valence electrons. The quantitative estimate of drug-likeness (QED) is 0.306. The number of rotatable bonds is 8. The van der Waals surface area contributed by atoms with Gasteiger partial charge < -0.3 is 10.1 Å². The van der Waals surface area contributed by atoms with Crippen LogP contribution in [0.25, 0.3) is 0 Å². The van der Waals surface area contributed by atoms with Crippen molar-refractivity contribution in [3.8, 4) is 5.75 Å². The highest BCUT2D eigenvalue weighted by atomic mass is 35.5. The first-order valence-corrected chi connectivity index (χ1v) is 10.3. The van der Waals surface area contributed by atoms with Crippen LogP contribution < -0.4 is 10.1 Å². The van der Waals surface area contributed by atoms with Crippen LogP contribution in [0, 0.1) is 17.0 Å². The van der Waals surface area contributed by atoms with Gasteiger partial charge in [-0.15, -0.1) is 0 Å². The van der Waals surface area contributed by atoms with E-state index in [1.165, 1.54) is 28.4 Å². The summed E-state index contributed by atoms with van der Waals surface area (Å²) in [4.78, 5) is 22.8. The third kappa shape index (κ3) is 5.36. The Morgan fingerprint density at radius 3 is 2.67 bits per heavy atom. The van der Waals surface area contributed by atoms with Gasteiger partial charge in [0.1, 0.15) is 5.75 Å². The fourth-order valence-electron chi connectivity index (χ4n) is 3.07. The number of anilines is 1. The average molecular weight is 467 g/mol. The minimum atomic E-state index is -0.542. The van der Waals surface area contributed by atoms with E-state index in [2.05, 4.69) is 15.5 Å². The first-order valence-electron chi connectivity index (χ1n) is 9.88. The highest BCUT2D eigenvalue weighted by Gasteiger charge is 2.13. The Balaban J connectivity index is 1.34. The van der Waals surface area contributed by atoms with Crippen LogP contribution in [0.2, 0.25) is 5.02 Å². The average Bonchev–Trinajstić information content (AvgIpc) is 3.44. The number of nitro benzene ring substituents is 1. The maximum Gasteiger partial charge on any atom is 0.277 e. The summed E-state index contributed by atoms with van der Waals surface area (Å²) < 4.78 is 8.69.